The molecule has 1 aromatic rings. The number of aromatic carboxylic acids is 1. The van der Waals surface area contributed by atoms with Crippen molar-refractivity contribution >= 4 is 31.9 Å². The van der Waals surface area contributed by atoms with Gasteiger partial charge in [-0.15, -0.1) is 0 Å². The minimum absolute atomic E-state index is 0.0513. The van der Waals surface area contributed by atoms with E-state index in [0.29, 0.717) is 32.2 Å². The van der Waals surface area contributed by atoms with Gasteiger partial charge in [-0.2, -0.15) is 4.31 Å². The number of hydrogen-bond donors (Lipinski definition) is 1. The summed E-state index contributed by atoms with van der Waals surface area (Å²) < 4.78 is 27.1. The van der Waals surface area contributed by atoms with Crippen molar-refractivity contribution < 1.29 is 18.3 Å². The first-order chi connectivity index (χ1) is 10.2. The maximum absolute atomic E-state index is 12.7. The highest BCUT2D eigenvalue weighted by Crippen LogP contribution is 2.27. The van der Waals surface area contributed by atoms with Gasteiger partial charge >= 0.3 is 5.97 Å². The van der Waals surface area contributed by atoms with E-state index in [1.165, 1.54) is 22.5 Å². The van der Waals surface area contributed by atoms with E-state index in [0.717, 1.165) is 0 Å². The van der Waals surface area contributed by atoms with Crippen molar-refractivity contribution in [1.82, 2.24) is 9.21 Å². The zero-order chi connectivity index (χ0) is 16.5. The lowest BCUT2D eigenvalue weighted by atomic mass is 10.2. The van der Waals surface area contributed by atoms with E-state index in [4.69, 9.17) is 5.11 Å². The zero-order valence-corrected chi connectivity index (χ0v) is 14.9. The summed E-state index contributed by atoms with van der Waals surface area (Å²) >= 11 is 3.17. The highest BCUT2D eigenvalue weighted by molar-refractivity contribution is 9.10. The van der Waals surface area contributed by atoms with Crippen LogP contribution in [0.1, 0.15) is 24.2 Å². The number of sulfonamides is 1. The van der Waals surface area contributed by atoms with Gasteiger partial charge in [0.1, 0.15) is 0 Å². The molecule has 0 amide bonds. The predicted octanol–water partition coefficient (Wildman–Crippen LogP) is 1.86. The molecule has 1 saturated heterocycles. The van der Waals surface area contributed by atoms with Gasteiger partial charge in [-0.3, -0.25) is 4.90 Å². The van der Waals surface area contributed by atoms with Crippen LogP contribution in [0.15, 0.2) is 27.6 Å². The fourth-order valence-corrected chi connectivity index (χ4v) is 4.90. The topological polar surface area (TPSA) is 77.9 Å². The Morgan fingerprint density at radius 1 is 1.23 bits per heavy atom. The summed E-state index contributed by atoms with van der Waals surface area (Å²) in [6, 6.07) is 4.37. The van der Waals surface area contributed by atoms with Crippen molar-refractivity contribution in [1.29, 1.82) is 0 Å². The Balaban J connectivity index is 2.23. The van der Waals surface area contributed by atoms with Crippen molar-refractivity contribution in [2.45, 2.75) is 24.8 Å². The molecule has 1 aromatic carbocycles. The first-order valence-corrected chi connectivity index (χ1v) is 9.24. The van der Waals surface area contributed by atoms with E-state index < -0.39 is 16.0 Å². The van der Waals surface area contributed by atoms with Gasteiger partial charge in [0.05, 0.1) is 10.5 Å². The normalized spacial score (nSPS) is 17.8. The van der Waals surface area contributed by atoms with E-state index in [-0.39, 0.29) is 14.9 Å². The highest BCUT2D eigenvalue weighted by Gasteiger charge is 2.30. The van der Waals surface area contributed by atoms with E-state index in [2.05, 4.69) is 34.7 Å². The quantitative estimate of drug-likeness (QED) is 0.848. The Bertz CT molecular complexity index is 667. The number of hydrogen-bond acceptors (Lipinski definition) is 4. The molecule has 0 aliphatic carbocycles. The lowest BCUT2D eigenvalue weighted by Gasteiger charge is -2.36. The smallest absolute Gasteiger partial charge is 0.335 e. The Kier molecular flexibility index (Phi) is 5.26. The third-order valence-electron chi connectivity index (χ3n) is 3.80. The fourth-order valence-electron chi connectivity index (χ4n) is 2.44. The molecule has 1 fully saturated rings. The number of rotatable bonds is 4. The van der Waals surface area contributed by atoms with Gasteiger partial charge in [0.15, 0.2) is 0 Å². The second kappa shape index (κ2) is 6.66. The minimum Gasteiger partial charge on any atom is -0.478 e. The van der Waals surface area contributed by atoms with Crippen LogP contribution in [-0.4, -0.2) is 60.9 Å². The van der Waals surface area contributed by atoms with Crippen LogP contribution in [0.25, 0.3) is 0 Å². The van der Waals surface area contributed by atoms with Crippen LogP contribution in [0.4, 0.5) is 0 Å². The molecule has 1 aliphatic heterocycles. The van der Waals surface area contributed by atoms with E-state index in [9.17, 15) is 13.2 Å². The van der Waals surface area contributed by atoms with Crippen molar-refractivity contribution in [3.8, 4) is 0 Å². The Hall–Kier alpha value is -0.960. The summed E-state index contributed by atoms with van der Waals surface area (Å²) in [5, 5.41) is 8.95. The van der Waals surface area contributed by atoms with E-state index in [1.54, 1.807) is 0 Å². The molecule has 1 N–H and O–H groups in total. The Labute approximate surface area is 138 Å². The zero-order valence-electron chi connectivity index (χ0n) is 12.5. The Morgan fingerprint density at radius 3 is 2.27 bits per heavy atom. The van der Waals surface area contributed by atoms with Crippen molar-refractivity contribution in [3.05, 3.63) is 28.2 Å². The van der Waals surface area contributed by atoms with Gasteiger partial charge in [0.25, 0.3) is 0 Å². The molecule has 0 spiro atoms. The maximum Gasteiger partial charge on any atom is 0.335 e. The summed E-state index contributed by atoms with van der Waals surface area (Å²) in [7, 11) is -3.62. The average molecular weight is 391 g/mol. The average Bonchev–Trinajstić information content (AvgIpc) is 2.46. The molecule has 122 valence electrons. The summed E-state index contributed by atoms with van der Waals surface area (Å²) in [4.78, 5) is 13.3. The number of nitrogens with zero attached hydrogens (tertiary/aromatic N) is 2. The van der Waals surface area contributed by atoms with Crippen LogP contribution in [-0.2, 0) is 10.0 Å². The minimum atomic E-state index is -3.62. The molecule has 22 heavy (non-hydrogen) atoms. The number of halogens is 1. The molecule has 6 nitrogen and oxygen atoms in total. The fraction of sp³-hybridized carbons (Fsp3) is 0.500. The number of carboxylic acid groups (broad SMARTS) is 1. The first kappa shape index (κ1) is 17.4. The number of piperazine rings is 1. The van der Waals surface area contributed by atoms with E-state index in [1.807, 2.05) is 0 Å². The first-order valence-electron chi connectivity index (χ1n) is 7.00. The van der Waals surface area contributed by atoms with Crippen LogP contribution >= 0.6 is 15.9 Å². The van der Waals surface area contributed by atoms with Crippen LogP contribution < -0.4 is 0 Å². The number of carbonyl (C=O) groups is 1. The summed E-state index contributed by atoms with van der Waals surface area (Å²) in [6.07, 6.45) is 0. The van der Waals surface area contributed by atoms with E-state index >= 15 is 0 Å². The predicted molar refractivity (Wildman–Crippen MR) is 86.6 cm³/mol. The van der Waals surface area contributed by atoms with Gasteiger partial charge in [-0.25, -0.2) is 13.2 Å². The summed E-state index contributed by atoms with van der Waals surface area (Å²) in [6.45, 7) is 6.45. The van der Waals surface area contributed by atoms with Gasteiger partial charge in [0.2, 0.25) is 10.0 Å². The van der Waals surface area contributed by atoms with Gasteiger partial charge < -0.3 is 5.11 Å². The molecule has 0 bridgehead atoms. The SMILES string of the molecule is CC(C)N1CCN(S(=O)(=O)c2ccc(C(=O)O)cc2Br)CC1. The van der Waals surface area contributed by atoms with Crippen molar-refractivity contribution in [2.75, 3.05) is 26.2 Å². The molecule has 1 aliphatic rings. The highest BCUT2D eigenvalue weighted by atomic mass is 79.9. The molecule has 0 radical (unpaired) electrons. The molecular formula is C14H19BrN2O4S. The monoisotopic (exact) mass is 390 g/mol. The second-order valence-electron chi connectivity index (χ2n) is 5.48. The molecule has 0 unspecified atom stereocenters. The van der Waals surface area contributed by atoms with Gasteiger partial charge in [-0.05, 0) is 48.0 Å². The molecular weight excluding hydrogens is 372 g/mol. The lowest BCUT2D eigenvalue weighted by Crippen LogP contribution is -2.50. The van der Waals surface area contributed by atoms with Gasteiger partial charge in [-0.1, -0.05) is 0 Å². The van der Waals surface area contributed by atoms with Crippen molar-refractivity contribution in [2.24, 2.45) is 0 Å². The molecule has 0 saturated carbocycles. The third kappa shape index (κ3) is 3.51. The third-order valence-corrected chi connectivity index (χ3v) is 6.68. The molecule has 0 atom stereocenters. The van der Waals surface area contributed by atoms with Crippen molar-refractivity contribution in [3.63, 3.8) is 0 Å². The molecule has 0 aromatic heterocycles. The number of benzene rings is 1. The largest absolute Gasteiger partial charge is 0.478 e. The Morgan fingerprint density at radius 2 is 1.82 bits per heavy atom. The van der Waals surface area contributed by atoms with Crippen LogP contribution in [0.3, 0.4) is 0 Å². The van der Waals surface area contributed by atoms with Crippen LogP contribution in [0.5, 0.6) is 0 Å². The molecule has 2 rings (SSSR count). The molecule has 1 heterocycles. The summed E-state index contributed by atoms with van der Waals surface area (Å²) in [5.74, 6) is -1.09. The molecule has 8 heteroatoms. The standard InChI is InChI=1S/C14H19BrN2O4S/c1-10(2)16-5-7-17(8-6-16)22(20,21)13-4-3-11(14(18)19)9-12(13)15/h3-4,9-10H,5-8H2,1-2H3,(H,18,19). The lowest BCUT2D eigenvalue weighted by molar-refractivity contribution is 0.0696. The van der Waals surface area contributed by atoms with Gasteiger partial charge in [0, 0.05) is 36.7 Å². The van der Waals surface area contributed by atoms with Crippen LogP contribution in [0, 0.1) is 0 Å². The second-order valence-corrected chi connectivity index (χ2v) is 8.24. The summed E-state index contributed by atoms with van der Waals surface area (Å²) in [5.41, 5.74) is 0.0513. The van der Waals surface area contributed by atoms with Crippen LogP contribution in [0.2, 0.25) is 0 Å². The number of carboxylic acids is 1. The maximum atomic E-state index is 12.7.